The first-order valence-corrected chi connectivity index (χ1v) is 8.42. The van der Waals surface area contributed by atoms with Gasteiger partial charge >= 0.3 is 0 Å². The van der Waals surface area contributed by atoms with Crippen LogP contribution in [0.1, 0.15) is 0 Å². The van der Waals surface area contributed by atoms with Crippen LogP contribution in [-0.2, 0) is 10.0 Å². The number of rotatable bonds is 5. The molecule has 2 N–H and O–H groups in total. The van der Waals surface area contributed by atoms with Gasteiger partial charge in [-0.3, -0.25) is 0 Å². The lowest BCUT2D eigenvalue weighted by molar-refractivity contribution is 0.312. The summed E-state index contributed by atoms with van der Waals surface area (Å²) in [5.41, 5.74) is 5.59. The number of ether oxygens (including phenoxy) is 1. The molecular formula is C16H15FN2O3S. The molecule has 23 heavy (non-hydrogen) atoms. The standard InChI is InChI=1S/C16H15FN2O3S/c17-14-11-15-12(10-16(14)22-9-7-18)6-8-19(15)23(20,21)13-4-2-1-3-5-13/h1-6,8,10-11H,7,9,18H2. The number of aromatic nitrogens is 1. The predicted molar refractivity (Wildman–Crippen MR) is 85.5 cm³/mol. The quantitative estimate of drug-likeness (QED) is 0.777. The van der Waals surface area contributed by atoms with E-state index in [9.17, 15) is 12.8 Å². The van der Waals surface area contributed by atoms with Crippen LogP contribution in [0.3, 0.4) is 0 Å². The summed E-state index contributed by atoms with van der Waals surface area (Å²) in [7, 11) is -3.78. The molecule has 0 atom stereocenters. The molecule has 3 rings (SSSR count). The monoisotopic (exact) mass is 334 g/mol. The molecule has 1 aromatic heterocycles. The van der Waals surface area contributed by atoms with Crippen molar-refractivity contribution in [3.05, 3.63) is 60.5 Å². The van der Waals surface area contributed by atoms with Crippen molar-refractivity contribution in [3.8, 4) is 5.75 Å². The second-order valence-electron chi connectivity index (χ2n) is 4.91. The number of fused-ring (bicyclic) bond motifs is 1. The van der Waals surface area contributed by atoms with Gasteiger partial charge in [0.1, 0.15) is 6.61 Å². The van der Waals surface area contributed by atoms with E-state index in [1.807, 2.05) is 0 Å². The Morgan fingerprint density at radius 1 is 1.13 bits per heavy atom. The van der Waals surface area contributed by atoms with Crippen molar-refractivity contribution in [1.82, 2.24) is 3.97 Å². The van der Waals surface area contributed by atoms with E-state index in [4.69, 9.17) is 10.5 Å². The lowest BCUT2D eigenvalue weighted by Gasteiger charge is -2.09. The van der Waals surface area contributed by atoms with Gasteiger partial charge in [-0.1, -0.05) is 18.2 Å². The van der Waals surface area contributed by atoms with Crippen molar-refractivity contribution >= 4 is 20.9 Å². The van der Waals surface area contributed by atoms with Gasteiger partial charge in [0.05, 0.1) is 10.4 Å². The summed E-state index contributed by atoms with van der Waals surface area (Å²) in [6.07, 6.45) is 1.40. The van der Waals surface area contributed by atoms with Crippen molar-refractivity contribution < 1.29 is 17.5 Å². The summed E-state index contributed by atoms with van der Waals surface area (Å²) >= 11 is 0. The molecule has 1 heterocycles. The third-order valence-electron chi connectivity index (χ3n) is 3.38. The molecule has 0 fully saturated rings. The second kappa shape index (κ2) is 6.02. The highest BCUT2D eigenvalue weighted by Crippen LogP contribution is 2.28. The van der Waals surface area contributed by atoms with Crippen LogP contribution in [0.25, 0.3) is 10.9 Å². The Bertz CT molecular complexity index is 937. The lowest BCUT2D eigenvalue weighted by Crippen LogP contribution is -2.12. The van der Waals surface area contributed by atoms with E-state index in [-0.39, 0.29) is 29.3 Å². The zero-order chi connectivity index (χ0) is 16.4. The van der Waals surface area contributed by atoms with E-state index in [0.717, 1.165) is 10.0 Å². The highest BCUT2D eigenvalue weighted by molar-refractivity contribution is 7.90. The number of halogens is 1. The van der Waals surface area contributed by atoms with Crippen molar-refractivity contribution in [2.45, 2.75) is 4.90 Å². The Hall–Kier alpha value is -2.38. The highest BCUT2D eigenvalue weighted by atomic mass is 32.2. The number of nitrogens with two attached hydrogens (primary N) is 1. The molecule has 0 radical (unpaired) electrons. The topological polar surface area (TPSA) is 74.3 Å². The first-order valence-electron chi connectivity index (χ1n) is 6.98. The minimum Gasteiger partial charge on any atom is -0.489 e. The van der Waals surface area contributed by atoms with Crippen LogP contribution in [0.5, 0.6) is 5.75 Å². The summed E-state index contributed by atoms with van der Waals surface area (Å²) in [4.78, 5) is 0.140. The predicted octanol–water partition coefficient (Wildman–Crippen LogP) is 2.35. The van der Waals surface area contributed by atoms with Crippen LogP contribution in [0.2, 0.25) is 0 Å². The molecule has 5 nitrogen and oxygen atoms in total. The van der Waals surface area contributed by atoms with Gasteiger partial charge in [-0.25, -0.2) is 16.8 Å². The Morgan fingerprint density at radius 2 is 1.87 bits per heavy atom. The molecule has 7 heteroatoms. The molecule has 0 aliphatic carbocycles. The smallest absolute Gasteiger partial charge is 0.268 e. The summed E-state index contributed by atoms with van der Waals surface area (Å²) < 4.78 is 45.7. The number of nitrogens with zero attached hydrogens (tertiary/aromatic N) is 1. The average Bonchev–Trinajstić information content (AvgIpc) is 2.96. The van der Waals surface area contributed by atoms with E-state index < -0.39 is 15.8 Å². The molecule has 120 valence electrons. The summed E-state index contributed by atoms with van der Waals surface area (Å²) in [6.45, 7) is 0.451. The van der Waals surface area contributed by atoms with E-state index in [1.165, 1.54) is 24.4 Å². The Morgan fingerprint density at radius 3 is 2.57 bits per heavy atom. The third-order valence-corrected chi connectivity index (χ3v) is 5.09. The largest absolute Gasteiger partial charge is 0.489 e. The van der Waals surface area contributed by atoms with Gasteiger partial charge in [0.25, 0.3) is 10.0 Å². The van der Waals surface area contributed by atoms with E-state index in [0.29, 0.717) is 5.39 Å². The highest BCUT2D eigenvalue weighted by Gasteiger charge is 2.19. The molecule has 0 amide bonds. The maximum atomic E-state index is 14.1. The minimum atomic E-state index is -3.78. The molecule has 0 aliphatic heterocycles. The lowest BCUT2D eigenvalue weighted by atomic mass is 10.2. The van der Waals surface area contributed by atoms with E-state index in [1.54, 1.807) is 24.3 Å². The van der Waals surface area contributed by atoms with Crippen LogP contribution in [0.4, 0.5) is 4.39 Å². The fourth-order valence-electron chi connectivity index (χ4n) is 2.31. The number of benzene rings is 2. The molecule has 0 aliphatic rings. The molecular weight excluding hydrogens is 319 g/mol. The van der Waals surface area contributed by atoms with Gasteiger partial charge in [0.15, 0.2) is 11.6 Å². The number of hydrogen-bond acceptors (Lipinski definition) is 4. The minimum absolute atomic E-state index is 0.0535. The van der Waals surface area contributed by atoms with Crippen molar-refractivity contribution in [2.24, 2.45) is 5.73 Å². The SMILES string of the molecule is NCCOc1cc2ccn(S(=O)(=O)c3ccccc3)c2cc1F. The van der Waals surface area contributed by atoms with Crippen molar-refractivity contribution in [2.75, 3.05) is 13.2 Å². The maximum Gasteiger partial charge on any atom is 0.268 e. The van der Waals surface area contributed by atoms with Crippen LogP contribution >= 0.6 is 0 Å². The Balaban J connectivity index is 2.12. The second-order valence-corrected chi connectivity index (χ2v) is 6.72. The fraction of sp³-hybridized carbons (Fsp3) is 0.125. The average molecular weight is 334 g/mol. The van der Waals surface area contributed by atoms with Gasteiger partial charge < -0.3 is 10.5 Å². The van der Waals surface area contributed by atoms with Gasteiger partial charge in [0, 0.05) is 24.2 Å². The molecule has 0 saturated carbocycles. The summed E-state index contributed by atoms with van der Waals surface area (Å²) in [5, 5.41) is 0.568. The first kappa shape index (κ1) is 15.5. The molecule has 0 bridgehead atoms. The first-order chi connectivity index (χ1) is 11.0. The van der Waals surface area contributed by atoms with Gasteiger partial charge in [-0.05, 0) is 24.3 Å². The zero-order valence-electron chi connectivity index (χ0n) is 12.1. The maximum absolute atomic E-state index is 14.1. The molecule has 3 aromatic rings. The third kappa shape index (κ3) is 2.80. The summed E-state index contributed by atoms with van der Waals surface area (Å²) in [5.74, 6) is -0.577. The summed E-state index contributed by atoms with van der Waals surface area (Å²) in [6, 6.07) is 12.2. The van der Waals surface area contributed by atoms with Gasteiger partial charge in [0.2, 0.25) is 0 Å². The molecule has 0 spiro atoms. The van der Waals surface area contributed by atoms with Crippen molar-refractivity contribution in [3.63, 3.8) is 0 Å². The van der Waals surface area contributed by atoms with Gasteiger partial charge in [-0.2, -0.15) is 0 Å². The molecule has 0 saturated heterocycles. The zero-order valence-corrected chi connectivity index (χ0v) is 13.0. The Labute approximate surface area is 133 Å². The van der Waals surface area contributed by atoms with Gasteiger partial charge in [-0.15, -0.1) is 0 Å². The Kier molecular flexibility index (Phi) is 4.06. The fourth-order valence-corrected chi connectivity index (χ4v) is 3.67. The van der Waals surface area contributed by atoms with Crippen molar-refractivity contribution in [1.29, 1.82) is 0 Å². The molecule has 0 unspecified atom stereocenters. The van der Waals surface area contributed by atoms with Crippen LogP contribution in [-0.4, -0.2) is 25.5 Å². The van der Waals surface area contributed by atoms with E-state index in [2.05, 4.69) is 0 Å². The number of hydrogen-bond donors (Lipinski definition) is 1. The van der Waals surface area contributed by atoms with Crippen LogP contribution < -0.4 is 10.5 Å². The van der Waals surface area contributed by atoms with Crippen LogP contribution in [0, 0.1) is 5.82 Å². The normalized spacial score (nSPS) is 11.7. The molecule has 2 aromatic carbocycles. The van der Waals surface area contributed by atoms with Crippen LogP contribution in [0.15, 0.2) is 59.6 Å². The van der Waals surface area contributed by atoms with E-state index >= 15 is 0 Å².